The lowest BCUT2D eigenvalue weighted by molar-refractivity contribution is -0.116. The van der Waals surface area contributed by atoms with Crippen molar-refractivity contribution >= 4 is 6.29 Å². The van der Waals surface area contributed by atoms with Gasteiger partial charge < -0.3 is 4.79 Å². The Morgan fingerprint density at radius 2 is 2.42 bits per heavy atom. The summed E-state index contributed by atoms with van der Waals surface area (Å²) in [5.41, 5.74) is 1.36. The average molecular weight is 166 g/mol. The Hall–Kier alpha value is -0.590. The number of allylic oxidation sites excluding steroid dienone is 2. The quantitative estimate of drug-likeness (QED) is 0.455. The van der Waals surface area contributed by atoms with Gasteiger partial charge in [0.25, 0.3) is 0 Å². The monoisotopic (exact) mass is 166 g/mol. The first-order valence-corrected chi connectivity index (χ1v) is 4.75. The van der Waals surface area contributed by atoms with Gasteiger partial charge in [-0.25, -0.2) is 0 Å². The second kappa shape index (κ2) is 3.42. The minimum atomic E-state index is -0.0838. The number of rotatable bonds is 2. The number of carbonyl (C=O) groups excluding carboxylic acids is 1. The van der Waals surface area contributed by atoms with Crippen LogP contribution in [0.25, 0.3) is 0 Å². The molecule has 0 bridgehead atoms. The molecule has 12 heavy (non-hydrogen) atoms. The summed E-state index contributed by atoms with van der Waals surface area (Å²) in [4.78, 5) is 10.9. The van der Waals surface area contributed by atoms with Crippen LogP contribution in [0.3, 0.4) is 0 Å². The van der Waals surface area contributed by atoms with Crippen LogP contribution in [0.2, 0.25) is 0 Å². The van der Waals surface area contributed by atoms with Gasteiger partial charge >= 0.3 is 0 Å². The van der Waals surface area contributed by atoms with Crippen LogP contribution in [0.1, 0.15) is 40.0 Å². The van der Waals surface area contributed by atoms with Gasteiger partial charge in [-0.2, -0.15) is 0 Å². The number of hydrogen-bond donors (Lipinski definition) is 0. The van der Waals surface area contributed by atoms with Crippen LogP contribution in [0.5, 0.6) is 0 Å². The molecule has 2 unspecified atom stereocenters. The Morgan fingerprint density at radius 1 is 1.75 bits per heavy atom. The fourth-order valence-electron chi connectivity index (χ4n) is 2.18. The maximum absolute atomic E-state index is 10.9. The minimum absolute atomic E-state index is 0.0838. The summed E-state index contributed by atoms with van der Waals surface area (Å²) >= 11 is 0. The van der Waals surface area contributed by atoms with E-state index >= 15 is 0 Å². The molecule has 0 radical (unpaired) electrons. The lowest BCUT2D eigenvalue weighted by atomic mass is 9.72. The molecule has 0 aliphatic heterocycles. The molecule has 1 aliphatic rings. The number of hydrogen-bond acceptors (Lipinski definition) is 1. The molecule has 0 aromatic rings. The van der Waals surface area contributed by atoms with Gasteiger partial charge in [-0.1, -0.05) is 32.4 Å². The Balaban J connectivity index is 2.78. The maximum Gasteiger partial charge on any atom is 0.126 e. The van der Waals surface area contributed by atoms with Crippen LogP contribution in [0, 0.1) is 11.3 Å². The van der Waals surface area contributed by atoms with Crippen LogP contribution in [0.4, 0.5) is 0 Å². The third kappa shape index (κ3) is 1.96. The Bertz CT molecular complexity index is 205. The van der Waals surface area contributed by atoms with E-state index in [1.165, 1.54) is 5.57 Å². The Labute approximate surface area is 74.9 Å². The van der Waals surface area contributed by atoms with Crippen molar-refractivity contribution < 1.29 is 4.79 Å². The molecule has 0 spiro atoms. The van der Waals surface area contributed by atoms with Crippen LogP contribution < -0.4 is 0 Å². The molecule has 0 aromatic heterocycles. The molecular formula is C11H18O. The summed E-state index contributed by atoms with van der Waals surface area (Å²) in [7, 11) is 0. The van der Waals surface area contributed by atoms with Gasteiger partial charge in [0, 0.05) is 5.41 Å². The van der Waals surface area contributed by atoms with Gasteiger partial charge in [-0.3, -0.25) is 0 Å². The maximum atomic E-state index is 10.9. The molecule has 0 aromatic carbocycles. The summed E-state index contributed by atoms with van der Waals surface area (Å²) in [6.07, 6.45) is 6.53. The molecule has 0 saturated heterocycles. The van der Waals surface area contributed by atoms with Gasteiger partial charge in [-0.05, 0) is 25.2 Å². The third-order valence-electron chi connectivity index (χ3n) is 2.68. The van der Waals surface area contributed by atoms with Crippen molar-refractivity contribution in [3.05, 3.63) is 11.6 Å². The van der Waals surface area contributed by atoms with E-state index in [0.29, 0.717) is 5.92 Å². The highest BCUT2D eigenvalue weighted by molar-refractivity contribution is 5.60. The molecule has 68 valence electrons. The Kier molecular flexibility index (Phi) is 2.71. The molecule has 0 saturated carbocycles. The molecule has 0 fully saturated rings. The zero-order valence-corrected chi connectivity index (χ0v) is 8.26. The smallest absolute Gasteiger partial charge is 0.126 e. The van der Waals surface area contributed by atoms with Crippen LogP contribution >= 0.6 is 0 Å². The largest absolute Gasteiger partial charge is 0.303 e. The predicted molar refractivity (Wildman–Crippen MR) is 50.9 cm³/mol. The first-order valence-electron chi connectivity index (χ1n) is 4.75. The summed E-state index contributed by atoms with van der Waals surface area (Å²) in [6.45, 7) is 6.42. The van der Waals surface area contributed by atoms with Gasteiger partial charge in [-0.15, -0.1) is 0 Å². The number of carbonyl (C=O) groups is 1. The molecular weight excluding hydrogens is 148 g/mol. The van der Waals surface area contributed by atoms with Crippen molar-refractivity contribution in [3.8, 4) is 0 Å². The van der Waals surface area contributed by atoms with Crippen LogP contribution in [0.15, 0.2) is 11.6 Å². The highest BCUT2D eigenvalue weighted by Crippen LogP contribution is 2.37. The highest BCUT2D eigenvalue weighted by Gasteiger charge is 2.29. The van der Waals surface area contributed by atoms with E-state index < -0.39 is 0 Å². The van der Waals surface area contributed by atoms with Gasteiger partial charge in [0.1, 0.15) is 6.29 Å². The summed E-state index contributed by atoms with van der Waals surface area (Å²) in [6, 6.07) is 0. The van der Waals surface area contributed by atoms with Crippen molar-refractivity contribution in [2.45, 2.75) is 40.0 Å². The average Bonchev–Trinajstić information content (AvgIpc) is 2.03. The van der Waals surface area contributed by atoms with Gasteiger partial charge in [0.15, 0.2) is 0 Å². The van der Waals surface area contributed by atoms with Crippen molar-refractivity contribution in [2.75, 3.05) is 0 Å². The molecule has 0 heterocycles. The molecule has 0 amide bonds. The SMILES string of the molecule is CCC1=CC(C)CC(C)(C=O)C1. The molecule has 1 heteroatoms. The van der Waals surface area contributed by atoms with Crippen molar-refractivity contribution in [3.63, 3.8) is 0 Å². The lowest BCUT2D eigenvalue weighted by Crippen LogP contribution is -2.25. The van der Waals surface area contributed by atoms with E-state index in [4.69, 9.17) is 0 Å². The zero-order chi connectivity index (χ0) is 9.19. The van der Waals surface area contributed by atoms with Crippen molar-refractivity contribution in [1.29, 1.82) is 0 Å². The Morgan fingerprint density at radius 3 is 2.92 bits per heavy atom. The lowest BCUT2D eigenvalue weighted by Gasteiger charge is -2.31. The van der Waals surface area contributed by atoms with Crippen LogP contribution in [-0.4, -0.2) is 6.29 Å². The normalized spacial score (nSPS) is 35.9. The first-order chi connectivity index (χ1) is 5.59. The summed E-state index contributed by atoms with van der Waals surface area (Å²) in [5, 5.41) is 0. The molecule has 2 atom stereocenters. The van der Waals surface area contributed by atoms with Crippen molar-refractivity contribution in [2.24, 2.45) is 11.3 Å². The second-order valence-electron chi connectivity index (χ2n) is 4.31. The topological polar surface area (TPSA) is 17.1 Å². The van der Waals surface area contributed by atoms with Crippen LogP contribution in [-0.2, 0) is 4.79 Å². The third-order valence-corrected chi connectivity index (χ3v) is 2.68. The second-order valence-corrected chi connectivity index (χ2v) is 4.31. The first kappa shape index (κ1) is 9.50. The van der Waals surface area contributed by atoms with E-state index in [2.05, 4.69) is 26.8 Å². The molecule has 1 rings (SSSR count). The fourth-order valence-corrected chi connectivity index (χ4v) is 2.18. The summed E-state index contributed by atoms with van der Waals surface area (Å²) in [5.74, 6) is 0.573. The molecule has 0 N–H and O–H groups in total. The molecule has 1 aliphatic carbocycles. The van der Waals surface area contributed by atoms with Gasteiger partial charge in [0.05, 0.1) is 0 Å². The summed E-state index contributed by atoms with van der Waals surface area (Å²) < 4.78 is 0. The van der Waals surface area contributed by atoms with E-state index in [-0.39, 0.29) is 5.41 Å². The molecule has 1 nitrogen and oxygen atoms in total. The van der Waals surface area contributed by atoms with E-state index in [1.54, 1.807) is 0 Å². The standard InChI is InChI=1S/C11H18O/c1-4-10-5-9(2)6-11(3,7-10)8-12/h5,8-9H,4,6-7H2,1-3H3. The van der Waals surface area contributed by atoms with Crippen molar-refractivity contribution in [1.82, 2.24) is 0 Å². The van der Waals surface area contributed by atoms with E-state index in [9.17, 15) is 4.79 Å². The van der Waals surface area contributed by atoms with Gasteiger partial charge in [0.2, 0.25) is 0 Å². The predicted octanol–water partition coefficient (Wildman–Crippen LogP) is 2.96. The zero-order valence-electron chi connectivity index (χ0n) is 8.26. The van der Waals surface area contributed by atoms with E-state index in [1.807, 2.05) is 0 Å². The fraction of sp³-hybridized carbons (Fsp3) is 0.727. The number of aldehydes is 1. The minimum Gasteiger partial charge on any atom is -0.303 e. The van der Waals surface area contributed by atoms with E-state index in [0.717, 1.165) is 25.5 Å². The highest BCUT2D eigenvalue weighted by atomic mass is 16.1.